The van der Waals surface area contributed by atoms with Crippen LogP contribution in [0.15, 0.2) is 23.1 Å². The van der Waals surface area contributed by atoms with Gasteiger partial charge in [0.1, 0.15) is 0 Å². The number of rotatable bonds is 6. The number of halogens is 1. The lowest BCUT2D eigenvalue weighted by Crippen LogP contribution is -2.35. The maximum atomic E-state index is 12.7. The number of hydrogen-bond acceptors (Lipinski definition) is 3. The molecule has 0 saturated carbocycles. The van der Waals surface area contributed by atoms with Crippen molar-refractivity contribution in [1.82, 2.24) is 9.62 Å². The molecule has 1 aliphatic heterocycles. The van der Waals surface area contributed by atoms with E-state index in [1.807, 2.05) is 0 Å². The molecule has 0 spiro atoms. The molecule has 1 aliphatic rings. The second kappa shape index (κ2) is 8.32. The average molecular weight is 373 g/mol. The van der Waals surface area contributed by atoms with Gasteiger partial charge in [0.2, 0.25) is 10.0 Å². The van der Waals surface area contributed by atoms with Gasteiger partial charge in [-0.1, -0.05) is 31.9 Å². The summed E-state index contributed by atoms with van der Waals surface area (Å²) in [5.74, 6) is 0.142. The van der Waals surface area contributed by atoms with Gasteiger partial charge < -0.3 is 5.32 Å². The third kappa shape index (κ3) is 4.71. The number of amides is 1. The molecule has 7 heteroatoms. The molecule has 0 aromatic heterocycles. The molecule has 5 nitrogen and oxygen atoms in total. The van der Waals surface area contributed by atoms with E-state index in [2.05, 4.69) is 19.2 Å². The monoisotopic (exact) mass is 372 g/mol. The molecule has 0 atom stereocenters. The Labute approximate surface area is 149 Å². The van der Waals surface area contributed by atoms with Crippen LogP contribution in [0.1, 0.15) is 49.9 Å². The van der Waals surface area contributed by atoms with Crippen LogP contribution in [0.4, 0.5) is 0 Å². The third-order valence-corrected chi connectivity index (χ3v) is 6.37. The van der Waals surface area contributed by atoms with Crippen molar-refractivity contribution in [2.24, 2.45) is 5.92 Å². The summed E-state index contributed by atoms with van der Waals surface area (Å²) in [6.07, 6.45) is 3.65. The normalized spacial score (nSPS) is 16.3. The van der Waals surface area contributed by atoms with Gasteiger partial charge in [0, 0.05) is 19.6 Å². The molecule has 1 aromatic carbocycles. The van der Waals surface area contributed by atoms with Crippen LogP contribution in [0.3, 0.4) is 0 Å². The van der Waals surface area contributed by atoms with Gasteiger partial charge in [-0.15, -0.1) is 0 Å². The van der Waals surface area contributed by atoms with Gasteiger partial charge in [-0.2, -0.15) is 4.31 Å². The topological polar surface area (TPSA) is 66.5 Å². The summed E-state index contributed by atoms with van der Waals surface area (Å²) >= 11 is 6.10. The summed E-state index contributed by atoms with van der Waals surface area (Å²) < 4.78 is 26.9. The lowest BCUT2D eigenvalue weighted by atomic mass is 10.1. The van der Waals surface area contributed by atoms with Crippen LogP contribution in [0.25, 0.3) is 0 Å². The number of nitrogens with zero attached hydrogens (tertiary/aromatic N) is 1. The number of hydrogen-bond donors (Lipinski definition) is 1. The number of nitrogens with one attached hydrogen (secondary N) is 1. The molecule has 1 fully saturated rings. The van der Waals surface area contributed by atoms with Gasteiger partial charge >= 0.3 is 0 Å². The second-order valence-electron chi connectivity index (χ2n) is 6.54. The highest BCUT2D eigenvalue weighted by Crippen LogP contribution is 2.25. The molecular weight excluding hydrogens is 348 g/mol. The quantitative estimate of drug-likeness (QED) is 0.833. The molecule has 134 valence electrons. The van der Waals surface area contributed by atoms with Crippen LogP contribution < -0.4 is 5.32 Å². The van der Waals surface area contributed by atoms with E-state index in [0.717, 1.165) is 25.7 Å². The smallest absolute Gasteiger partial charge is 0.252 e. The largest absolute Gasteiger partial charge is 0.352 e. The summed E-state index contributed by atoms with van der Waals surface area (Å²) in [7, 11) is -3.57. The highest BCUT2D eigenvalue weighted by atomic mass is 35.5. The fourth-order valence-corrected chi connectivity index (χ4v) is 4.41. The zero-order chi connectivity index (χ0) is 17.7. The lowest BCUT2D eigenvalue weighted by Gasteiger charge is -2.26. The summed E-state index contributed by atoms with van der Waals surface area (Å²) in [5.41, 5.74) is 0.207. The van der Waals surface area contributed by atoms with Crippen molar-refractivity contribution >= 4 is 27.5 Å². The first-order valence-corrected chi connectivity index (χ1v) is 10.2. The van der Waals surface area contributed by atoms with E-state index in [-0.39, 0.29) is 21.4 Å². The van der Waals surface area contributed by atoms with Gasteiger partial charge in [-0.25, -0.2) is 8.42 Å². The number of benzene rings is 1. The van der Waals surface area contributed by atoms with Crippen molar-refractivity contribution in [1.29, 1.82) is 0 Å². The van der Waals surface area contributed by atoms with Crippen LogP contribution >= 0.6 is 11.6 Å². The van der Waals surface area contributed by atoms with Crippen molar-refractivity contribution in [3.8, 4) is 0 Å². The first-order chi connectivity index (χ1) is 11.3. The van der Waals surface area contributed by atoms with Gasteiger partial charge in [0.25, 0.3) is 5.91 Å². The summed E-state index contributed by atoms with van der Waals surface area (Å²) in [6.45, 7) is 5.74. The minimum atomic E-state index is -3.57. The lowest BCUT2D eigenvalue weighted by molar-refractivity contribution is 0.0952. The molecular formula is C17H25ClN2O3S. The van der Waals surface area contributed by atoms with Crippen LogP contribution in [-0.2, 0) is 10.0 Å². The van der Waals surface area contributed by atoms with Gasteiger partial charge in [-0.3, -0.25) is 4.79 Å². The summed E-state index contributed by atoms with van der Waals surface area (Å²) in [4.78, 5) is 12.4. The van der Waals surface area contributed by atoms with Crippen molar-refractivity contribution in [2.75, 3.05) is 19.6 Å². The number of carbonyl (C=O) groups is 1. The second-order valence-corrected chi connectivity index (χ2v) is 8.89. The fourth-order valence-electron chi connectivity index (χ4n) is 2.66. The predicted octanol–water partition coefficient (Wildman–Crippen LogP) is 3.29. The molecule has 0 aliphatic carbocycles. The molecule has 1 N–H and O–H groups in total. The molecule has 2 rings (SSSR count). The fraction of sp³-hybridized carbons (Fsp3) is 0.588. The van der Waals surface area contributed by atoms with E-state index in [9.17, 15) is 13.2 Å². The van der Waals surface area contributed by atoms with Crippen molar-refractivity contribution in [2.45, 2.75) is 44.4 Å². The Morgan fingerprint density at radius 2 is 1.92 bits per heavy atom. The van der Waals surface area contributed by atoms with Crippen molar-refractivity contribution in [3.63, 3.8) is 0 Å². The summed E-state index contributed by atoms with van der Waals surface area (Å²) in [6, 6.07) is 4.34. The molecule has 1 heterocycles. The van der Waals surface area contributed by atoms with Crippen LogP contribution in [0.2, 0.25) is 5.02 Å². The van der Waals surface area contributed by atoms with E-state index in [0.29, 0.717) is 25.6 Å². The maximum absolute atomic E-state index is 12.7. The molecule has 1 saturated heterocycles. The van der Waals surface area contributed by atoms with E-state index in [1.54, 1.807) is 0 Å². The Kier molecular flexibility index (Phi) is 6.66. The highest BCUT2D eigenvalue weighted by molar-refractivity contribution is 7.89. The molecule has 0 bridgehead atoms. The first kappa shape index (κ1) is 19.2. The van der Waals surface area contributed by atoms with Gasteiger partial charge in [0.15, 0.2) is 0 Å². The van der Waals surface area contributed by atoms with Gasteiger partial charge in [0.05, 0.1) is 15.5 Å². The SMILES string of the molecule is CC(C)CCNC(=O)c1cc(S(=O)(=O)N2CCCCC2)ccc1Cl. The van der Waals surface area contributed by atoms with E-state index >= 15 is 0 Å². The molecule has 24 heavy (non-hydrogen) atoms. The van der Waals surface area contributed by atoms with Crippen LogP contribution in [0, 0.1) is 5.92 Å². The molecule has 1 aromatic rings. The Balaban J connectivity index is 2.19. The van der Waals surface area contributed by atoms with E-state index < -0.39 is 10.0 Å². The Hall–Kier alpha value is -1.11. The molecule has 0 unspecified atom stereocenters. The van der Waals surface area contributed by atoms with Crippen LogP contribution in [-0.4, -0.2) is 38.3 Å². The van der Waals surface area contributed by atoms with E-state index in [4.69, 9.17) is 11.6 Å². The van der Waals surface area contributed by atoms with Crippen LogP contribution in [0.5, 0.6) is 0 Å². The number of piperidine rings is 1. The highest BCUT2D eigenvalue weighted by Gasteiger charge is 2.27. The zero-order valence-electron chi connectivity index (χ0n) is 14.2. The Bertz CT molecular complexity index is 683. The number of carbonyl (C=O) groups excluding carboxylic acids is 1. The first-order valence-electron chi connectivity index (χ1n) is 8.40. The zero-order valence-corrected chi connectivity index (χ0v) is 15.8. The Morgan fingerprint density at radius 1 is 1.25 bits per heavy atom. The van der Waals surface area contributed by atoms with Gasteiger partial charge in [-0.05, 0) is 43.4 Å². The maximum Gasteiger partial charge on any atom is 0.252 e. The minimum absolute atomic E-state index is 0.128. The average Bonchev–Trinajstić information content (AvgIpc) is 2.55. The standard InChI is InChI=1S/C17H25ClN2O3S/c1-13(2)8-9-19-17(21)15-12-14(6-7-16(15)18)24(22,23)20-10-4-3-5-11-20/h6-7,12-13H,3-5,8-11H2,1-2H3,(H,19,21). The predicted molar refractivity (Wildman–Crippen MR) is 95.9 cm³/mol. The third-order valence-electron chi connectivity index (χ3n) is 4.14. The molecule has 1 amide bonds. The molecule has 0 radical (unpaired) electrons. The van der Waals surface area contributed by atoms with E-state index in [1.165, 1.54) is 22.5 Å². The van der Waals surface area contributed by atoms with Crippen molar-refractivity contribution < 1.29 is 13.2 Å². The summed E-state index contributed by atoms with van der Waals surface area (Å²) in [5, 5.41) is 3.06. The number of sulfonamides is 1. The van der Waals surface area contributed by atoms with Crippen molar-refractivity contribution in [3.05, 3.63) is 28.8 Å². The Morgan fingerprint density at radius 3 is 2.54 bits per heavy atom. The minimum Gasteiger partial charge on any atom is -0.352 e.